The first-order valence-electron chi connectivity index (χ1n) is 5.40. The molecule has 2 rings (SSSR count). The number of amides is 1. The maximum Gasteiger partial charge on any atom is 0.340 e. The topological polar surface area (TPSA) is 66.8 Å². The number of β-amino-alcohol motifs (C(OH)–C–C–N with tert-alkyl or cyclic N) is 1. The van der Waals surface area contributed by atoms with Crippen molar-refractivity contribution in [2.24, 2.45) is 0 Å². The van der Waals surface area contributed by atoms with E-state index in [0.717, 1.165) is 12.0 Å². The molecule has 0 aliphatic carbocycles. The number of esters is 1. The van der Waals surface area contributed by atoms with E-state index in [1.807, 2.05) is 0 Å². The number of anilines is 1. The third-order valence-corrected chi connectivity index (χ3v) is 2.78. The molecule has 6 heteroatoms. The SMILES string of the molecule is COC(=O)c1cccc(N2CC(O)CC2=O)c1F. The van der Waals surface area contributed by atoms with E-state index in [1.165, 1.54) is 18.2 Å². The Morgan fingerprint density at radius 3 is 2.83 bits per heavy atom. The van der Waals surface area contributed by atoms with Gasteiger partial charge in [-0.1, -0.05) is 6.07 Å². The molecule has 1 aliphatic rings. The van der Waals surface area contributed by atoms with Crippen LogP contribution in [0.5, 0.6) is 0 Å². The first-order chi connectivity index (χ1) is 8.54. The van der Waals surface area contributed by atoms with Crippen molar-refractivity contribution in [2.45, 2.75) is 12.5 Å². The van der Waals surface area contributed by atoms with Gasteiger partial charge in [-0.25, -0.2) is 9.18 Å². The number of aliphatic hydroxyl groups is 1. The van der Waals surface area contributed by atoms with E-state index in [-0.39, 0.29) is 30.1 Å². The fraction of sp³-hybridized carbons (Fsp3) is 0.333. The van der Waals surface area contributed by atoms with Crippen molar-refractivity contribution in [3.05, 3.63) is 29.6 Å². The molecule has 0 aromatic heterocycles. The van der Waals surface area contributed by atoms with E-state index in [2.05, 4.69) is 4.74 Å². The van der Waals surface area contributed by atoms with Gasteiger partial charge in [0.15, 0.2) is 5.82 Å². The zero-order valence-electron chi connectivity index (χ0n) is 9.72. The van der Waals surface area contributed by atoms with Crippen molar-refractivity contribution in [2.75, 3.05) is 18.6 Å². The highest BCUT2D eigenvalue weighted by atomic mass is 19.1. The molecule has 0 spiro atoms. The summed E-state index contributed by atoms with van der Waals surface area (Å²) in [5, 5.41) is 9.37. The average molecular weight is 253 g/mol. The summed E-state index contributed by atoms with van der Waals surface area (Å²) in [7, 11) is 1.15. The highest BCUT2D eigenvalue weighted by molar-refractivity contribution is 5.98. The van der Waals surface area contributed by atoms with E-state index in [4.69, 9.17) is 0 Å². The van der Waals surface area contributed by atoms with Crippen LogP contribution in [-0.4, -0.2) is 36.7 Å². The zero-order valence-corrected chi connectivity index (χ0v) is 9.72. The molecule has 96 valence electrons. The molecule has 1 fully saturated rings. The van der Waals surface area contributed by atoms with Crippen LogP contribution in [0.2, 0.25) is 0 Å². The second-order valence-electron chi connectivity index (χ2n) is 3.99. The molecular formula is C12H12FNO4. The smallest absolute Gasteiger partial charge is 0.340 e. The third-order valence-electron chi connectivity index (χ3n) is 2.78. The maximum atomic E-state index is 14.1. The molecule has 1 aliphatic heterocycles. The number of aliphatic hydroxyl groups excluding tert-OH is 1. The quantitative estimate of drug-likeness (QED) is 0.788. The molecule has 1 aromatic rings. The summed E-state index contributed by atoms with van der Waals surface area (Å²) < 4.78 is 18.5. The molecule has 1 atom stereocenters. The van der Waals surface area contributed by atoms with Gasteiger partial charge in [-0.05, 0) is 12.1 Å². The molecule has 1 N–H and O–H groups in total. The van der Waals surface area contributed by atoms with Gasteiger partial charge in [0.1, 0.15) is 0 Å². The van der Waals surface area contributed by atoms with Crippen LogP contribution in [0, 0.1) is 5.82 Å². The Morgan fingerprint density at radius 1 is 1.56 bits per heavy atom. The highest BCUT2D eigenvalue weighted by Crippen LogP contribution is 2.27. The van der Waals surface area contributed by atoms with Gasteiger partial charge in [0, 0.05) is 0 Å². The minimum atomic E-state index is -0.813. The van der Waals surface area contributed by atoms with Crippen molar-refractivity contribution in [3.63, 3.8) is 0 Å². The van der Waals surface area contributed by atoms with Gasteiger partial charge in [0.2, 0.25) is 5.91 Å². The predicted octanol–water partition coefficient (Wildman–Crippen LogP) is 0.710. The van der Waals surface area contributed by atoms with E-state index in [0.29, 0.717) is 0 Å². The number of ether oxygens (including phenoxy) is 1. The first kappa shape index (κ1) is 12.5. The van der Waals surface area contributed by atoms with Gasteiger partial charge in [0.25, 0.3) is 0 Å². The number of halogens is 1. The Morgan fingerprint density at radius 2 is 2.28 bits per heavy atom. The Bertz CT molecular complexity index is 503. The minimum absolute atomic E-state index is 0.0144. The number of methoxy groups -OCH3 is 1. The minimum Gasteiger partial charge on any atom is -0.465 e. The number of nitrogens with zero attached hydrogens (tertiary/aromatic N) is 1. The molecule has 0 radical (unpaired) electrons. The molecule has 1 heterocycles. The number of benzene rings is 1. The van der Waals surface area contributed by atoms with Crippen molar-refractivity contribution < 1.29 is 23.8 Å². The second-order valence-corrected chi connectivity index (χ2v) is 3.99. The molecule has 1 saturated heterocycles. The summed E-state index contributed by atoms with van der Waals surface area (Å²) in [5.41, 5.74) is -0.247. The van der Waals surface area contributed by atoms with Crippen molar-refractivity contribution in [1.82, 2.24) is 0 Å². The van der Waals surface area contributed by atoms with E-state index in [1.54, 1.807) is 0 Å². The van der Waals surface area contributed by atoms with Crippen LogP contribution in [0.3, 0.4) is 0 Å². The summed E-state index contributed by atoms with van der Waals surface area (Å²) in [4.78, 5) is 24.0. The lowest BCUT2D eigenvalue weighted by Crippen LogP contribution is -2.26. The lowest BCUT2D eigenvalue weighted by molar-refractivity contribution is -0.117. The lowest BCUT2D eigenvalue weighted by Gasteiger charge is -2.17. The number of carbonyl (C=O) groups excluding carboxylic acids is 2. The van der Waals surface area contributed by atoms with Crippen LogP contribution in [0.25, 0.3) is 0 Å². The summed E-state index contributed by atoms with van der Waals surface area (Å²) in [6, 6.07) is 4.13. The number of hydrogen-bond acceptors (Lipinski definition) is 4. The van der Waals surface area contributed by atoms with Crippen LogP contribution >= 0.6 is 0 Å². The Balaban J connectivity index is 2.40. The van der Waals surface area contributed by atoms with Crippen molar-refractivity contribution in [3.8, 4) is 0 Å². The van der Waals surface area contributed by atoms with Crippen LogP contribution in [0.1, 0.15) is 16.8 Å². The normalized spacial score (nSPS) is 19.2. The monoisotopic (exact) mass is 253 g/mol. The fourth-order valence-electron chi connectivity index (χ4n) is 1.92. The Kier molecular flexibility index (Phi) is 3.29. The van der Waals surface area contributed by atoms with Crippen LogP contribution in [0.4, 0.5) is 10.1 Å². The van der Waals surface area contributed by atoms with Crippen LogP contribution in [-0.2, 0) is 9.53 Å². The van der Waals surface area contributed by atoms with E-state index >= 15 is 0 Å². The van der Waals surface area contributed by atoms with Crippen molar-refractivity contribution >= 4 is 17.6 Å². The van der Waals surface area contributed by atoms with Gasteiger partial charge in [-0.3, -0.25) is 4.79 Å². The van der Waals surface area contributed by atoms with Gasteiger partial charge >= 0.3 is 5.97 Å². The Labute approximate surface area is 103 Å². The first-order valence-corrected chi connectivity index (χ1v) is 5.40. The summed E-state index contributed by atoms with van der Waals surface area (Å²) in [6.45, 7) is 0.0282. The molecule has 1 unspecified atom stereocenters. The maximum absolute atomic E-state index is 14.1. The van der Waals surface area contributed by atoms with Gasteiger partial charge < -0.3 is 14.7 Å². The summed E-state index contributed by atoms with van der Waals surface area (Å²) in [5.74, 6) is -1.99. The molecule has 0 bridgehead atoms. The molecule has 1 amide bonds. The van der Waals surface area contributed by atoms with Gasteiger partial charge in [-0.2, -0.15) is 0 Å². The van der Waals surface area contributed by atoms with Gasteiger partial charge in [0.05, 0.1) is 37.4 Å². The van der Waals surface area contributed by atoms with Gasteiger partial charge in [-0.15, -0.1) is 0 Å². The number of carbonyl (C=O) groups is 2. The average Bonchev–Trinajstić information content (AvgIpc) is 2.68. The molecule has 5 nitrogen and oxygen atoms in total. The molecule has 1 aromatic carbocycles. The van der Waals surface area contributed by atoms with Crippen LogP contribution < -0.4 is 4.90 Å². The standard InChI is InChI=1S/C12H12FNO4/c1-18-12(17)8-3-2-4-9(11(8)13)14-6-7(15)5-10(14)16/h2-4,7,15H,5-6H2,1H3. The second kappa shape index (κ2) is 4.73. The highest BCUT2D eigenvalue weighted by Gasteiger charge is 2.31. The third kappa shape index (κ3) is 2.06. The lowest BCUT2D eigenvalue weighted by atomic mass is 10.1. The zero-order chi connectivity index (χ0) is 13.3. The largest absolute Gasteiger partial charge is 0.465 e. The van der Waals surface area contributed by atoms with Crippen molar-refractivity contribution in [1.29, 1.82) is 0 Å². The molecule has 0 saturated carbocycles. The van der Waals surface area contributed by atoms with E-state index < -0.39 is 17.9 Å². The fourth-order valence-corrected chi connectivity index (χ4v) is 1.92. The summed E-state index contributed by atoms with van der Waals surface area (Å²) >= 11 is 0. The summed E-state index contributed by atoms with van der Waals surface area (Å²) in [6.07, 6.45) is -0.847. The number of rotatable bonds is 2. The predicted molar refractivity (Wildman–Crippen MR) is 60.7 cm³/mol. The van der Waals surface area contributed by atoms with E-state index in [9.17, 15) is 19.1 Å². The number of hydrogen-bond donors (Lipinski definition) is 1. The Hall–Kier alpha value is -1.95. The molecular weight excluding hydrogens is 241 g/mol. The van der Waals surface area contributed by atoms with Crippen LogP contribution in [0.15, 0.2) is 18.2 Å². The molecule has 18 heavy (non-hydrogen) atoms.